The molecule has 0 aromatic heterocycles. The van der Waals surface area contributed by atoms with Gasteiger partial charge in [0.1, 0.15) is 0 Å². The Labute approximate surface area is 76.4 Å². The number of esters is 1. The SMILES string of the molecule is CCCC(C)(CBr)C(=O)OC. The lowest BCUT2D eigenvalue weighted by Crippen LogP contribution is -2.30. The van der Waals surface area contributed by atoms with Crippen LogP contribution in [0.3, 0.4) is 0 Å². The monoisotopic (exact) mass is 222 g/mol. The molecule has 0 amide bonds. The summed E-state index contributed by atoms with van der Waals surface area (Å²) in [7, 11) is 1.43. The molecular formula is C8H15BrO2. The van der Waals surface area contributed by atoms with Crippen LogP contribution >= 0.6 is 15.9 Å². The van der Waals surface area contributed by atoms with Gasteiger partial charge in [-0.3, -0.25) is 4.79 Å². The number of carbonyl (C=O) groups is 1. The number of carbonyl (C=O) groups excluding carboxylic acids is 1. The van der Waals surface area contributed by atoms with Crippen molar-refractivity contribution < 1.29 is 9.53 Å². The zero-order chi connectivity index (χ0) is 8.91. The van der Waals surface area contributed by atoms with E-state index in [0.717, 1.165) is 12.8 Å². The van der Waals surface area contributed by atoms with Crippen LogP contribution in [-0.2, 0) is 9.53 Å². The molecular weight excluding hydrogens is 208 g/mol. The number of methoxy groups -OCH3 is 1. The van der Waals surface area contributed by atoms with Crippen LogP contribution in [0.15, 0.2) is 0 Å². The predicted octanol–water partition coefficient (Wildman–Crippen LogP) is 2.36. The first-order chi connectivity index (χ1) is 5.10. The summed E-state index contributed by atoms with van der Waals surface area (Å²) in [6.45, 7) is 3.97. The lowest BCUT2D eigenvalue weighted by Gasteiger charge is -2.22. The third kappa shape index (κ3) is 2.81. The zero-order valence-electron chi connectivity index (χ0n) is 7.32. The lowest BCUT2D eigenvalue weighted by atomic mass is 9.88. The number of rotatable bonds is 4. The summed E-state index contributed by atoms with van der Waals surface area (Å²) in [5.74, 6) is -0.128. The summed E-state index contributed by atoms with van der Waals surface area (Å²) in [6, 6.07) is 0. The third-order valence-electron chi connectivity index (χ3n) is 1.77. The summed E-state index contributed by atoms with van der Waals surface area (Å²) in [6.07, 6.45) is 1.86. The summed E-state index contributed by atoms with van der Waals surface area (Å²) in [4.78, 5) is 11.2. The highest BCUT2D eigenvalue weighted by Crippen LogP contribution is 2.26. The van der Waals surface area contributed by atoms with Crippen LogP contribution < -0.4 is 0 Å². The molecule has 0 rings (SSSR count). The van der Waals surface area contributed by atoms with Crippen molar-refractivity contribution in [2.24, 2.45) is 5.41 Å². The Morgan fingerprint density at radius 2 is 2.18 bits per heavy atom. The largest absolute Gasteiger partial charge is 0.469 e. The molecule has 66 valence electrons. The van der Waals surface area contributed by atoms with Crippen LogP contribution in [0.25, 0.3) is 0 Å². The first kappa shape index (κ1) is 11.0. The van der Waals surface area contributed by atoms with Crippen LogP contribution in [0.4, 0.5) is 0 Å². The number of hydrogen-bond acceptors (Lipinski definition) is 2. The van der Waals surface area contributed by atoms with E-state index in [2.05, 4.69) is 27.6 Å². The predicted molar refractivity (Wildman–Crippen MR) is 48.8 cm³/mol. The molecule has 0 spiro atoms. The highest BCUT2D eigenvalue weighted by atomic mass is 79.9. The number of hydrogen-bond donors (Lipinski definition) is 0. The summed E-state index contributed by atoms with van der Waals surface area (Å²) >= 11 is 3.31. The summed E-state index contributed by atoms with van der Waals surface area (Å²) in [5.41, 5.74) is -0.344. The zero-order valence-corrected chi connectivity index (χ0v) is 8.90. The highest BCUT2D eigenvalue weighted by Gasteiger charge is 2.31. The third-order valence-corrected chi connectivity index (χ3v) is 3.01. The van der Waals surface area contributed by atoms with Gasteiger partial charge in [0.2, 0.25) is 0 Å². The average molecular weight is 223 g/mol. The van der Waals surface area contributed by atoms with Gasteiger partial charge in [0.15, 0.2) is 0 Å². The Morgan fingerprint density at radius 3 is 2.45 bits per heavy atom. The Kier molecular flexibility index (Phi) is 4.73. The minimum Gasteiger partial charge on any atom is -0.469 e. The van der Waals surface area contributed by atoms with Crippen LogP contribution in [0.1, 0.15) is 26.7 Å². The van der Waals surface area contributed by atoms with Crippen molar-refractivity contribution in [3.8, 4) is 0 Å². The van der Waals surface area contributed by atoms with Crippen molar-refractivity contribution in [3.05, 3.63) is 0 Å². The van der Waals surface area contributed by atoms with Gasteiger partial charge in [-0.1, -0.05) is 29.3 Å². The fraction of sp³-hybridized carbons (Fsp3) is 0.875. The molecule has 3 heteroatoms. The fourth-order valence-electron chi connectivity index (χ4n) is 1.02. The minimum absolute atomic E-state index is 0.128. The van der Waals surface area contributed by atoms with E-state index < -0.39 is 0 Å². The van der Waals surface area contributed by atoms with E-state index in [4.69, 9.17) is 0 Å². The second-order valence-corrected chi connectivity index (χ2v) is 3.50. The Bertz CT molecular complexity index is 136. The Hall–Kier alpha value is -0.0500. The van der Waals surface area contributed by atoms with Crippen molar-refractivity contribution in [1.82, 2.24) is 0 Å². The lowest BCUT2D eigenvalue weighted by molar-refractivity contribution is -0.150. The first-order valence-electron chi connectivity index (χ1n) is 3.75. The van der Waals surface area contributed by atoms with E-state index >= 15 is 0 Å². The van der Waals surface area contributed by atoms with E-state index in [-0.39, 0.29) is 11.4 Å². The van der Waals surface area contributed by atoms with Crippen molar-refractivity contribution >= 4 is 21.9 Å². The van der Waals surface area contributed by atoms with Gasteiger partial charge < -0.3 is 4.74 Å². The van der Waals surface area contributed by atoms with Crippen molar-refractivity contribution in [2.75, 3.05) is 12.4 Å². The summed E-state index contributed by atoms with van der Waals surface area (Å²) < 4.78 is 4.69. The molecule has 0 aromatic carbocycles. The van der Waals surface area contributed by atoms with Crippen molar-refractivity contribution in [1.29, 1.82) is 0 Å². The van der Waals surface area contributed by atoms with Gasteiger partial charge in [-0.2, -0.15) is 0 Å². The highest BCUT2D eigenvalue weighted by molar-refractivity contribution is 9.09. The number of alkyl halides is 1. The second-order valence-electron chi connectivity index (χ2n) is 2.94. The smallest absolute Gasteiger partial charge is 0.312 e. The van der Waals surface area contributed by atoms with Crippen molar-refractivity contribution in [3.63, 3.8) is 0 Å². The van der Waals surface area contributed by atoms with E-state index in [1.54, 1.807) is 0 Å². The van der Waals surface area contributed by atoms with Gasteiger partial charge in [-0.15, -0.1) is 0 Å². The molecule has 0 aliphatic carbocycles. The quantitative estimate of drug-likeness (QED) is 0.540. The molecule has 0 radical (unpaired) electrons. The maximum absolute atomic E-state index is 11.2. The first-order valence-corrected chi connectivity index (χ1v) is 4.87. The average Bonchev–Trinajstić information content (AvgIpc) is 2.03. The van der Waals surface area contributed by atoms with Crippen molar-refractivity contribution in [2.45, 2.75) is 26.7 Å². The molecule has 1 atom stereocenters. The number of halogens is 1. The number of ether oxygens (including phenoxy) is 1. The molecule has 2 nitrogen and oxygen atoms in total. The van der Waals surface area contributed by atoms with E-state index in [1.807, 2.05) is 6.92 Å². The molecule has 0 aliphatic rings. The van der Waals surface area contributed by atoms with Crippen LogP contribution in [0.2, 0.25) is 0 Å². The van der Waals surface area contributed by atoms with Gasteiger partial charge in [0.05, 0.1) is 12.5 Å². The maximum atomic E-state index is 11.2. The summed E-state index contributed by atoms with van der Waals surface area (Å²) in [5, 5.41) is 0.667. The van der Waals surface area contributed by atoms with Gasteiger partial charge >= 0.3 is 5.97 Å². The topological polar surface area (TPSA) is 26.3 Å². The molecule has 0 saturated carbocycles. The van der Waals surface area contributed by atoms with Gasteiger partial charge in [-0.05, 0) is 13.3 Å². The Balaban J connectivity index is 4.19. The van der Waals surface area contributed by atoms with Gasteiger partial charge in [0, 0.05) is 5.33 Å². The van der Waals surface area contributed by atoms with Crippen LogP contribution in [0, 0.1) is 5.41 Å². The second kappa shape index (κ2) is 4.75. The molecule has 1 unspecified atom stereocenters. The molecule has 0 aliphatic heterocycles. The molecule has 11 heavy (non-hydrogen) atoms. The van der Waals surface area contributed by atoms with Crippen LogP contribution in [-0.4, -0.2) is 18.4 Å². The van der Waals surface area contributed by atoms with Gasteiger partial charge in [-0.25, -0.2) is 0 Å². The molecule has 0 saturated heterocycles. The molecule has 0 heterocycles. The normalized spacial score (nSPS) is 15.6. The van der Waals surface area contributed by atoms with E-state index in [0.29, 0.717) is 5.33 Å². The molecule has 0 N–H and O–H groups in total. The van der Waals surface area contributed by atoms with E-state index in [1.165, 1.54) is 7.11 Å². The fourth-order valence-corrected chi connectivity index (χ4v) is 1.53. The molecule has 0 fully saturated rings. The van der Waals surface area contributed by atoms with Gasteiger partial charge in [0.25, 0.3) is 0 Å². The van der Waals surface area contributed by atoms with Crippen LogP contribution in [0.5, 0.6) is 0 Å². The van der Waals surface area contributed by atoms with E-state index in [9.17, 15) is 4.79 Å². The molecule has 0 bridgehead atoms. The Morgan fingerprint density at radius 1 is 1.64 bits per heavy atom. The minimum atomic E-state index is -0.344. The maximum Gasteiger partial charge on any atom is 0.312 e. The molecule has 0 aromatic rings. The standard InChI is InChI=1S/C8H15BrO2/c1-4-5-8(2,6-9)7(10)11-3/h4-6H2,1-3H3.